The largest absolute Gasteiger partial charge is 0.490 e. The van der Waals surface area contributed by atoms with Gasteiger partial charge in [0.05, 0.1) is 31.3 Å². The summed E-state index contributed by atoms with van der Waals surface area (Å²) in [6.45, 7) is 7.05. The molecule has 0 unspecified atom stereocenters. The van der Waals surface area contributed by atoms with Crippen molar-refractivity contribution in [3.8, 4) is 11.5 Å². The number of carbonyl (C=O) groups excluding carboxylic acids is 3. The van der Waals surface area contributed by atoms with Gasteiger partial charge >= 0.3 is 5.97 Å². The van der Waals surface area contributed by atoms with E-state index >= 15 is 0 Å². The van der Waals surface area contributed by atoms with Gasteiger partial charge in [0.15, 0.2) is 18.1 Å². The molecule has 0 aliphatic carbocycles. The smallest absolute Gasteiger partial charge is 0.305 e. The Morgan fingerprint density at radius 1 is 1.17 bits per heavy atom. The molecule has 0 atom stereocenters. The minimum atomic E-state index is -0.268. The SMILES string of the molecule is CCCOC(=O)CCCN1C(=O)/C(=C\c2ccc(OCC(=O)N3CCOCC3)c(OCC)c2)SC1=S. The molecule has 0 radical (unpaired) electrons. The number of carbonyl (C=O) groups is 3. The fourth-order valence-electron chi connectivity index (χ4n) is 3.56. The van der Waals surface area contributed by atoms with Gasteiger partial charge in [0.2, 0.25) is 0 Å². The van der Waals surface area contributed by atoms with Crippen molar-refractivity contribution < 1.29 is 33.3 Å². The Balaban J connectivity index is 1.61. The highest BCUT2D eigenvalue weighted by molar-refractivity contribution is 8.26. The second-order valence-electron chi connectivity index (χ2n) is 8.08. The molecule has 0 bridgehead atoms. The van der Waals surface area contributed by atoms with Crippen LogP contribution in [0.15, 0.2) is 23.1 Å². The Morgan fingerprint density at radius 3 is 2.67 bits per heavy atom. The van der Waals surface area contributed by atoms with Crippen molar-refractivity contribution in [1.29, 1.82) is 0 Å². The average molecular weight is 537 g/mol. The summed E-state index contributed by atoms with van der Waals surface area (Å²) in [6, 6.07) is 5.30. The number of rotatable bonds is 12. The van der Waals surface area contributed by atoms with E-state index in [0.29, 0.717) is 73.2 Å². The maximum atomic E-state index is 12.9. The molecule has 2 amide bonds. The summed E-state index contributed by atoms with van der Waals surface area (Å²) in [6.07, 6.45) is 3.24. The number of thiocarbonyl (C=S) groups is 1. The Morgan fingerprint density at radius 2 is 1.94 bits per heavy atom. The molecule has 2 aliphatic rings. The van der Waals surface area contributed by atoms with Gasteiger partial charge in [0.1, 0.15) is 4.32 Å². The minimum Gasteiger partial charge on any atom is -0.490 e. The Hall–Kier alpha value is -2.63. The van der Waals surface area contributed by atoms with Crippen molar-refractivity contribution in [2.24, 2.45) is 0 Å². The predicted molar refractivity (Wildman–Crippen MR) is 141 cm³/mol. The van der Waals surface area contributed by atoms with Crippen molar-refractivity contribution >= 4 is 52.2 Å². The lowest BCUT2D eigenvalue weighted by Gasteiger charge is -2.26. The monoisotopic (exact) mass is 536 g/mol. The van der Waals surface area contributed by atoms with Crippen LogP contribution in [0.4, 0.5) is 0 Å². The van der Waals surface area contributed by atoms with E-state index in [2.05, 4.69) is 0 Å². The third kappa shape index (κ3) is 7.94. The molecule has 9 nitrogen and oxygen atoms in total. The molecule has 0 N–H and O–H groups in total. The van der Waals surface area contributed by atoms with E-state index in [1.807, 2.05) is 13.8 Å². The van der Waals surface area contributed by atoms with Gasteiger partial charge in [-0.25, -0.2) is 0 Å². The normalized spacial score (nSPS) is 17.0. The third-order valence-electron chi connectivity index (χ3n) is 5.38. The number of ether oxygens (including phenoxy) is 4. The Bertz CT molecular complexity index is 993. The molecule has 3 rings (SSSR count). The van der Waals surface area contributed by atoms with Crippen molar-refractivity contribution in [2.75, 3.05) is 52.7 Å². The number of hydrogen-bond donors (Lipinski definition) is 0. The van der Waals surface area contributed by atoms with Crippen molar-refractivity contribution in [1.82, 2.24) is 9.80 Å². The van der Waals surface area contributed by atoms with E-state index < -0.39 is 0 Å². The molecule has 11 heteroatoms. The predicted octanol–water partition coefficient (Wildman–Crippen LogP) is 3.26. The lowest BCUT2D eigenvalue weighted by molar-refractivity contribution is -0.144. The number of thioether (sulfide) groups is 1. The van der Waals surface area contributed by atoms with Gasteiger partial charge in [-0.1, -0.05) is 37.0 Å². The third-order valence-corrected chi connectivity index (χ3v) is 6.76. The van der Waals surface area contributed by atoms with Gasteiger partial charge in [0, 0.05) is 26.1 Å². The highest BCUT2D eigenvalue weighted by atomic mass is 32.2. The number of morpholine rings is 1. The number of esters is 1. The van der Waals surface area contributed by atoms with Crippen LogP contribution in [-0.2, 0) is 23.9 Å². The van der Waals surface area contributed by atoms with E-state index in [0.717, 1.165) is 12.0 Å². The van der Waals surface area contributed by atoms with E-state index in [4.69, 9.17) is 31.2 Å². The standard InChI is InChI=1S/C25H32N2O7S2/c1-3-12-33-23(29)6-5-9-27-24(30)21(36-25(27)35)16-18-7-8-19(20(15-18)32-4-2)34-17-22(28)26-10-13-31-14-11-26/h7-8,15-16H,3-6,9-14,17H2,1-2H3/b21-16+. The van der Waals surface area contributed by atoms with Crippen LogP contribution in [0.5, 0.6) is 11.5 Å². The molecule has 196 valence electrons. The number of nitrogens with zero attached hydrogens (tertiary/aromatic N) is 2. The summed E-state index contributed by atoms with van der Waals surface area (Å²) in [7, 11) is 0. The summed E-state index contributed by atoms with van der Waals surface area (Å²) in [4.78, 5) is 40.7. The minimum absolute atomic E-state index is 0.0932. The summed E-state index contributed by atoms with van der Waals surface area (Å²) < 4.78 is 22.3. The first-order valence-corrected chi connectivity index (χ1v) is 13.3. The highest BCUT2D eigenvalue weighted by Gasteiger charge is 2.31. The lowest BCUT2D eigenvalue weighted by Crippen LogP contribution is -2.43. The number of amides is 2. The zero-order chi connectivity index (χ0) is 25.9. The van der Waals surface area contributed by atoms with Gasteiger partial charge in [-0.2, -0.15) is 0 Å². The first kappa shape index (κ1) is 27.9. The fourth-order valence-corrected chi connectivity index (χ4v) is 4.87. The molecular weight excluding hydrogens is 504 g/mol. The molecule has 1 aromatic carbocycles. The quantitative estimate of drug-likeness (QED) is 0.227. The van der Waals surface area contributed by atoms with E-state index in [9.17, 15) is 14.4 Å². The van der Waals surface area contributed by atoms with Gasteiger partial charge in [-0.3, -0.25) is 19.3 Å². The van der Waals surface area contributed by atoms with E-state index in [1.165, 1.54) is 16.7 Å². The van der Waals surface area contributed by atoms with Crippen molar-refractivity contribution in [3.63, 3.8) is 0 Å². The lowest BCUT2D eigenvalue weighted by atomic mass is 10.2. The van der Waals surface area contributed by atoms with Crippen LogP contribution in [0.1, 0.15) is 38.7 Å². The zero-order valence-corrected chi connectivity index (χ0v) is 22.3. The van der Waals surface area contributed by atoms with Crippen molar-refractivity contribution in [3.05, 3.63) is 28.7 Å². The molecule has 2 aliphatic heterocycles. The van der Waals surface area contributed by atoms with Crippen LogP contribution in [-0.4, -0.2) is 84.6 Å². The molecule has 0 spiro atoms. The van der Waals surface area contributed by atoms with Gasteiger partial charge in [-0.05, 0) is 43.5 Å². The average Bonchev–Trinajstić information content (AvgIpc) is 3.14. The molecule has 2 heterocycles. The van der Waals surface area contributed by atoms with E-state index in [1.54, 1.807) is 29.2 Å². The second kappa shape index (κ2) is 14.2. The number of hydrogen-bond acceptors (Lipinski definition) is 9. The molecule has 36 heavy (non-hydrogen) atoms. The molecule has 2 saturated heterocycles. The van der Waals surface area contributed by atoms with Crippen molar-refractivity contribution in [2.45, 2.75) is 33.1 Å². The number of benzene rings is 1. The van der Waals surface area contributed by atoms with Gasteiger partial charge in [0.25, 0.3) is 11.8 Å². The first-order chi connectivity index (χ1) is 17.4. The summed E-state index contributed by atoms with van der Waals surface area (Å²) in [5.41, 5.74) is 0.744. The molecule has 0 aromatic heterocycles. The van der Waals surface area contributed by atoms with Crippen LogP contribution >= 0.6 is 24.0 Å². The fraction of sp³-hybridized carbons (Fsp3) is 0.520. The molecule has 1 aromatic rings. The Kier molecular flexibility index (Phi) is 11.0. The second-order valence-corrected chi connectivity index (χ2v) is 9.75. The van der Waals surface area contributed by atoms with Crippen LogP contribution in [0.3, 0.4) is 0 Å². The molecule has 2 fully saturated rings. The maximum Gasteiger partial charge on any atom is 0.305 e. The summed E-state index contributed by atoms with van der Waals surface area (Å²) in [5.74, 6) is 0.379. The zero-order valence-electron chi connectivity index (χ0n) is 20.7. The van der Waals surface area contributed by atoms with Gasteiger partial charge < -0.3 is 23.8 Å². The maximum absolute atomic E-state index is 12.9. The van der Waals surface area contributed by atoms with E-state index in [-0.39, 0.29) is 30.8 Å². The summed E-state index contributed by atoms with van der Waals surface area (Å²) in [5, 5.41) is 0. The van der Waals surface area contributed by atoms with Crippen LogP contribution in [0.25, 0.3) is 6.08 Å². The Labute approximate surface area is 221 Å². The highest BCUT2D eigenvalue weighted by Crippen LogP contribution is 2.35. The summed E-state index contributed by atoms with van der Waals surface area (Å²) >= 11 is 6.61. The van der Waals surface area contributed by atoms with Gasteiger partial charge in [-0.15, -0.1) is 0 Å². The molecule has 0 saturated carbocycles. The topological polar surface area (TPSA) is 94.6 Å². The first-order valence-electron chi connectivity index (χ1n) is 12.1. The molecular formula is C25H32N2O7S2. The van der Waals surface area contributed by atoms with Crippen LogP contribution in [0, 0.1) is 0 Å². The van der Waals surface area contributed by atoms with Crippen LogP contribution < -0.4 is 9.47 Å². The van der Waals surface area contributed by atoms with Crippen LogP contribution in [0.2, 0.25) is 0 Å².